The van der Waals surface area contributed by atoms with Crippen molar-refractivity contribution >= 4 is 25.7 Å². The van der Waals surface area contributed by atoms with E-state index in [2.05, 4.69) is 87.6 Å². The predicted molar refractivity (Wildman–Crippen MR) is 334 cm³/mol. The van der Waals surface area contributed by atoms with Crippen molar-refractivity contribution in [3.05, 3.63) is 85.1 Å². The first-order chi connectivity index (χ1) is 39.2. The molecule has 0 aromatic rings. The predicted octanol–water partition coefficient (Wildman–Crippen LogP) is 19.8. The summed E-state index contributed by atoms with van der Waals surface area (Å²) in [6, 6.07) is 0. The Morgan fingerprint density at radius 2 is 0.688 bits per heavy atom. The van der Waals surface area contributed by atoms with Gasteiger partial charge < -0.3 is 24.2 Å². The van der Waals surface area contributed by atoms with Gasteiger partial charge in [0.15, 0.2) is 6.10 Å². The number of aliphatic hydroxyl groups excluding tert-OH is 1. The van der Waals surface area contributed by atoms with Crippen LogP contribution in [0.1, 0.15) is 290 Å². The first-order valence-corrected chi connectivity index (χ1v) is 34.0. The number of carbonyl (C=O) groups excluding carboxylic acids is 3. The van der Waals surface area contributed by atoms with Gasteiger partial charge in [-0.2, -0.15) is 0 Å². The Labute approximate surface area is 490 Å². The van der Waals surface area contributed by atoms with Crippen LogP contribution in [0.25, 0.3) is 0 Å². The van der Waals surface area contributed by atoms with Crippen molar-refractivity contribution in [2.75, 3.05) is 26.4 Å². The third-order valence-electron chi connectivity index (χ3n) is 13.8. The molecule has 0 radical (unpaired) electrons. The highest BCUT2D eigenvalue weighted by Gasteiger charge is 2.28. The monoisotopic (exact) mass is 1140 g/mol. The molecular formula is C68H119O11P. The van der Waals surface area contributed by atoms with E-state index in [0.717, 1.165) is 83.5 Å². The van der Waals surface area contributed by atoms with E-state index in [1.54, 1.807) is 6.08 Å². The molecule has 0 fully saturated rings. The van der Waals surface area contributed by atoms with Crippen molar-refractivity contribution in [3.63, 3.8) is 0 Å². The molecule has 0 aliphatic carbocycles. The molecule has 462 valence electrons. The summed E-state index contributed by atoms with van der Waals surface area (Å²) in [6.07, 6.45) is 72.8. The van der Waals surface area contributed by atoms with Crippen molar-refractivity contribution in [2.45, 2.75) is 303 Å². The zero-order valence-corrected chi connectivity index (χ0v) is 52.2. The van der Waals surface area contributed by atoms with Crippen molar-refractivity contribution < 1.29 is 52.2 Å². The second-order valence-corrected chi connectivity index (χ2v) is 23.0. The van der Waals surface area contributed by atoms with Crippen LogP contribution in [0.15, 0.2) is 85.1 Å². The summed E-state index contributed by atoms with van der Waals surface area (Å²) in [5.41, 5.74) is 0. The third kappa shape index (κ3) is 59.3. The van der Waals surface area contributed by atoms with E-state index in [0.29, 0.717) is 19.3 Å². The standard InChI is InChI=1S/C68H119O11P/c1-4-7-10-13-16-19-22-25-28-30-32-34-37-40-43-46-49-52-55-58-67(71)78-64(60-69)62-76-80(73,74)77-63-65(61-75-66(70)57-54-51-48-45-42-39-36-27-24-21-18-15-12-9-6-3)79-68(72)59-56-53-50-47-44-41-38-35-33-31-29-26-23-20-17-14-11-8-5-2/h9,12,17-18,20-21,26-27,29,36,42,45,51,54,64-65,69H,4-8,10-11,13-16,19,22-25,28,30-35,37-41,43-44,46-50,52-53,55-63H2,1-3H3,(H,73,74)/b12-9-,20-17-,21-18-,29-26-,36-27-,45-42-,54-51-. The molecule has 0 saturated carbocycles. The maximum absolute atomic E-state index is 13.0. The van der Waals surface area contributed by atoms with Crippen molar-refractivity contribution in [1.29, 1.82) is 0 Å². The second kappa shape index (κ2) is 61.7. The summed E-state index contributed by atoms with van der Waals surface area (Å²) in [6.45, 7) is 4.44. The molecule has 0 bridgehead atoms. The quantitative estimate of drug-likeness (QED) is 0.0197. The average molecular weight is 1140 g/mol. The number of hydrogen-bond donors (Lipinski definition) is 2. The Hall–Kier alpha value is -3.34. The Bertz CT molecular complexity index is 1670. The van der Waals surface area contributed by atoms with E-state index < -0.39 is 64.4 Å². The minimum Gasteiger partial charge on any atom is -0.461 e. The zero-order chi connectivity index (χ0) is 58.3. The van der Waals surface area contributed by atoms with E-state index >= 15 is 0 Å². The van der Waals surface area contributed by atoms with Crippen LogP contribution in [-0.4, -0.2) is 66.5 Å². The number of carbonyl (C=O) groups is 3. The topological polar surface area (TPSA) is 155 Å². The Kier molecular flexibility index (Phi) is 59.1. The molecule has 0 spiro atoms. The van der Waals surface area contributed by atoms with Gasteiger partial charge in [0.1, 0.15) is 12.7 Å². The van der Waals surface area contributed by atoms with Gasteiger partial charge in [0.05, 0.1) is 26.2 Å². The van der Waals surface area contributed by atoms with Crippen molar-refractivity contribution in [3.8, 4) is 0 Å². The van der Waals surface area contributed by atoms with E-state index in [1.165, 1.54) is 148 Å². The molecule has 0 saturated heterocycles. The summed E-state index contributed by atoms with van der Waals surface area (Å²) in [5.74, 6) is -1.61. The van der Waals surface area contributed by atoms with E-state index in [1.807, 2.05) is 12.2 Å². The van der Waals surface area contributed by atoms with E-state index in [-0.39, 0.29) is 19.3 Å². The summed E-state index contributed by atoms with van der Waals surface area (Å²) < 4.78 is 39.6. The van der Waals surface area contributed by atoms with Crippen LogP contribution in [0, 0.1) is 0 Å². The first-order valence-electron chi connectivity index (χ1n) is 32.5. The number of ether oxygens (including phenoxy) is 3. The summed E-state index contributed by atoms with van der Waals surface area (Å²) in [7, 11) is -4.78. The fourth-order valence-electron chi connectivity index (χ4n) is 8.93. The molecule has 0 amide bonds. The van der Waals surface area contributed by atoms with Crippen LogP contribution < -0.4 is 0 Å². The minimum atomic E-state index is -4.78. The number of hydrogen-bond acceptors (Lipinski definition) is 10. The fraction of sp³-hybridized carbons (Fsp3) is 0.750. The molecule has 3 unspecified atom stereocenters. The third-order valence-corrected chi connectivity index (χ3v) is 14.8. The van der Waals surface area contributed by atoms with Gasteiger partial charge >= 0.3 is 25.7 Å². The molecule has 0 aromatic heterocycles. The number of unbranched alkanes of at least 4 members (excludes halogenated alkanes) is 30. The van der Waals surface area contributed by atoms with Gasteiger partial charge in [-0.3, -0.25) is 23.4 Å². The maximum atomic E-state index is 13.0. The largest absolute Gasteiger partial charge is 0.472 e. The lowest BCUT2D eigenvalue weighted by molar-refractivity contribution is -0.161. The normalized spacial score (nSPS) is 13.8. The number of aliphatic hydroxyl groups is 1. The van der Waals surface area contributed by atoms with Gasteiger partial charge in [-0.1, -0.05) is 279 Å². The number of phosphoric acid groups is 1. The molecule has 0 rings (SSSR count). The summed E-state index contributed by atoms with van der Waals surface area (Å²) in [5, 5.41) is 9.86. The van der Waals surface area contributed by atoms with Gasteiger partial charge in [-0.05, 0) is 77.0 Å². The molecule has 0 aliphatic rings. The minimum absolute atomic E-state index is 0.00775. The Morgan fingerprint density at radius 1 is 0.375 bits per heavy atom. The molecule has 80 heavy (non-hydrogen) atoms. The van der Waals surface area contributed by atoms with Gasteiger partial charge in [-0.15, -0.1) is 0 Å². The number of phosphoric ester groups is 1. The highest BCUT2D eigenvalue weighted by molar-refractivity contribution is 7.47. The Morgan fingerprint density at radius 3 is 1.09 bits per heavy atom. The molecule has 11 nitrogen and oxygen atoms in total. The van der Waals surface area contributed by atoms with Gasteiger partial charge in [0.25, 0.3) is 0 Å². The van der Waals surface area contributed by atoms with E-state index in [9.17, 15) is 28.9 Å². The molecule has 0 aromatic carbocycles. The van der Waals surface area contributed by atoms with Crippen LogP contribution in [-0.2, 0) is 42.2 Å². The molecule has 3 atom stereocenters. The Balaban J connectivity index is 4.72. The average Bonchev–Trinajstić information content (AvgIpc) is 3.45. The lowest BCUT2D eigenvalue weighted by atomic mass is 10.0. The summed E-state index contributed by atoms with van der Waals surface area (Å²) >= 11 is 0. The van der Waals surface area contributed by atoms with Crippen molar-refractivity contribution in [2.24, 2.45) is 0 Å². The van der Waals surface area contributed by atoms with Gasteiger partial charge in [0, 0.05) is 12.8 Å². The van der Waals surface area contributed by atoms with Crippen LogP contribution in [0.5, 0.6) is 0 Å². The van der Waals surface area contributed by atoms with Crippen LogP contribution in [0.4, 0.5) is 0 Å². The summed E-state index contributed by atoms with van der Waals surface area (Å²) in [4.78, 5) is 48.7. The molecule has 0 heterocycles. The second-order valence-electron chi connectivity index (χ2n) is 21.6. The highest BCUT2D eigenvalue weighted by Crippen LogP contribution is 2.43. The smallest absolute Gasteiger partial charge is 0.461 e. The zero-order valence-electron chi connectivity index (χ0n) is 51.3. The van der Waals surface area contributed by atoms with E-state index in [4.69, 9.17) is 23.3 Å². The SMILES string of the molecule is CC/C=C\C/C=C\C/C=C\C/C=C\C/C=C\CC(=O)OCC(COP(=O)(O)OCC(CO)OC(=O)CCCCCCCCCCCCCCCCCCCCC)OC(=O)CCCCCCCCCCC/C=C\C/C=C\CCCCC. The van der Waals surface area contributed by atoms with Gasteiger partial charge in [0.2, 0.25) is 0 Å². The van der Waals surface area contributed by atoms with Crippen LogP contribution in [0.2, 0.25) is 0 Å². The first kappa shape index (κ1) is 76.7. The maximum Gasteiger partial charge on any atom is 0.472 e. The highest BCUT2D eigenvalue weighted by atomic mass is 31.2. The van der Waals surface area contributed by atoms with Crippen LogP contribution in [0.3, 0.4) is 0 Å². The number of rotatable bonds is 60. The van der Waals surface area contributed by atoms with Crippen LogP contribution >= 0.6 is 7.82 Å². The van der Waals surface area contributed by atoms with Crippen molar-refractivity contribution in [1.82, 2.24) is 0 Å². The molecular weight excluding hydrogens is 1020 g/mol. The molecule has 2 N–H and O–H groups in total. The number of allylic oxidation sites excluding steroid dienone is 13. The molecule has 12 heteroatoms. The van der Waals surface area contributed by atoms with Gasteiger partial charge in [-0.25, -0.2) is 4.57 Å². The fourth-order valence-corrected chi connectivity index (χ4v) is 9.72. The lowest BCUT2D eigenvalue weighted by Crippen LogP contribution is -2.30. The molecule has 0 aliphatic heterocycles. The number of esters is 3. The lowest BCUT2D eigenvalue weighted by Gasteiger charge is -2.21.